The fraction of sp³-hybridized carbons (Fsp3) is 0.0800. The number of carbonyl (C=O) groups is 1. The first-order valence-corrected chi connectivity index (χ1v) is 9.21. The topological polar surface area (TPSA) is 37.3 Å². The van der Waals surface area contributed by atoms with Crippen molar-refractivity contribution in [3.63, 3.8) is 0 Å². The second-order valence-electron chi connectivity index (χ2n) is 7.26. The van der Waals surface area contributed by atoms with E-state index in [9.17, 15) is 14.3 Å². The maximum atomic E-state index is 14.6. The molecular formula is C25H17FO2. The highest BCUT2D eigenvalue weighted by atomic mass is 19.1. The minimum atomic E-state index is -1.48. The van der Waals surface area contributed by atoms with Crippen molar-refractivity contribution in [2.45, 2.75) is 12.0 Å². The molecule has 0 radical (unpaired) electrons. The van der Waals surface area contributed by atoms with Gasteiger partial charge in [-0.15, -0.1) is 0 Å². The Morgan fingerprint density at radius 1 is 0.786 bits per heavy atom. The molecule has 0 aromatic heterocycles. The van der Waals surface area contributed by atoms with Gasteiger partial charge < -0.3 is 5.11 Å². The average Bonchev–Trinajstić information content (AvgIpc) is 2.72. The van der Waals surface area contributed by atoms with Crippen LogP contribution in [0.4, 0.5) is 4.39 Å². The van der Waals surface area contributed by atoms with E-state index in [1.807, 2.05) is 42.5 Å². The summed E-state index contributed by atoms with van der Waals surface area (Å²) in [6, 6.07) is 25.4. The van der Waals surface area contributed by atoms with Crippen LogP contribution < -0.4 is 0 Å². The summed E-state index contributed by atoms with van der Waals surface area (Å²) in [5, 5.41) is 14.0. The molecule has 1 aliphatic carbocycles. The summed E-state index contributed by atoms with van der Waals surface area (Å²) in [5.74, 6) is -0.985. The van der Waals surface area contributed by atoms with Gasteiger partial charge in [-0.2, -0.15) is 0 Å². The minimum absolute atomic E-state index is 0.0375. The Labute approximate surface area is 161 Å². The van der Waals surface area contributed by atoms with Gasteiger partial charge in [0.1, 0.15) is 11.4 Å². The van der Waals surface area contributed by atoms with Crippen LogP contribution in [0, 0.1) is 5.82 Å². The second-order valence-corrected chi connectivity index (χ2v) is 7.26. The first kappa shape index (κ1) is 16.8. The summed E-state index contributed by atoms with van der Waals surface area (Å²) in [7, 11) is 0. The molecule has 1 unspecified atom stereocenters. The summed E-state index contributed by atoms with van der Waals surface area (Å²) in [6.07, 6.45) is 0.249. The van der Waals surface area contributed by atoms with Crippen molar-refractivity contribution >= 4 is 16.6 Å². The lowest BCUT2D eigenvalue weighted by Gasteiger charge is -2.36. The van der Waals surface area contributed by atoms with Gasteiger partial charge in [0.05, 0.1) is 5.56 Å². The molecule has 0 heterocycles. The number of benzene rings is 4. The maximum absolute atomic E-state index is 14.6. The summed E-state index contributed by atoms with van der Waals surface area (Å²) >= 11 is 0. The Hall–Kier alpha value is -3.30. The van der Waals surface area contributed by atoms with Crippen molar-refractivity contribution in [1.82, 2.24) is 0 Å². The molecule has 4 aromatic rings. The van der Waals surface area contributed by atoms with Crippen molar-refractivity contribution in [2.75, 3.05) is 0 Å². The van der Waals surface area contributed by atoms with Gasteiger partial charge in [-0.3, -0.25) is 4.79 Å². The van der Waals surface area contributed by atoms with Gasteiger partial charge in [-0.1, -0.05) is 78.9 Å². The van der Waals surface area contributed by atoms with Crippen LogP contribution in [0.3, 0.4) is 0 Å². The van der Waals surface area contributed by atoms with Gasteiger partial charge in [-0.25, -0.2) is 4.39 Å². The molecule has 28 heavy (non-hydrogen) atoms. The third-order valence-corrected chi connectivity index (χ3v) is 5.58. The second kappa shape index (κ2) is 6.11. The van der Waals surface area contributed by atoms with Crippen LogP contribution in [0.5, 0.6) is 0 Å². The number of fused-ring (bicyclic) bond motifs is 3. The summed E-state index contributed by atoms with van der Waals surface area (Å²) in [4.78, 5) is 12.9. The largest absolute Gasteiger partial charge is 0.380 e. The standard InChI is InChI=1S/C25H17FO2/c26-22-11-5-10-21-23(22)24(27)19-8-3-4-9-20(19)25(21,28)15-16-12-13-17-6-1-2-7-18(17)14-16/h1-14,28H,15H2. The number of hydrogen-bond acceptors (Lipinski definition) is 2. The van der Waals surface area contributed by atoms with Gasteiger partial charge in [0.25, 0.3) is 0 Å². The summed E-state index contributed by atoms with van der Waals surface area (Å²) in [6.45, 7) is 0. The molecule has 1 aliphatic rings. The van der Waals surface area contributed by atoms with Crippen molar-refractivity contribution < 1.29 is 14.3 Å². The molecule has 0 amide bonds. The highest BCUT2D eigenvalue weighted by molar-refractivity contribution is 6.13. The van der Waals surface area contributed by atoms with Crippen LogP contribution in [-0.2, 0) is 12.0 Å². The lowest BCUT2D eigenvalue weighted by atomic mass is 9.71. The predicted molar refractivity (Wildman–Crippen MR) is 107 cm³/mol. The van der Waals surface area contributed by atoms with Crippen LogP contribution in [0.15, 0.2) is 84.9 Å². The molecule has 1 N–H and O–H groups in total. The molecule has 0 aliphatic heterocycles. The molecule has 0 saturated heterocycles. The SMILES string of the molecule is O=C1c2ccccc2C(O)(Cc2ccc3ccccc3c2)c2cccc(F)c21. The summed E-state index contributed by atoms with van der Waals surface area (Å²) < 4.78 is 14.6. The van der Waals surface area contributed by atoms with Crippen molar-refractivity contribution in [3.05, 3.63) is 119 Å². The van der Waals surface area contributed by atoms with Crippen LogP contribution in [0.1, 0.15) is 32.6 Å². The first-order chi connectivity index (χ1) is 13.6. The quantitative estimate of drug-likeness (QED) is 0.540. The summed E-state index contributed by atoms with van der Waals surface area (Å²) in [5.41, 5.74) is 0.591. The van der Waals surface area contributed by atoms with E-state index < -0.39 is 11.4 Å². The van der Waals surface area contributed by atoms with E-state index in [1.165, 1.54) is 6.07 Å². The molecule has 1 atom stereocenters. The fourth-order valence-corrected chi connectivity index (χ4v) is 4.26. The number of aliphatic hydroxyl groups is 1. The molecule has 3 heteroatoms. The Morgan fingerprint density at radius 3 is 2.36 bits per heavy atom. The third kappa shape index (κ3) is 2.40. The van der Waals surface area contributed by atoms with Gasteiger partial charge in [0.2, 0.25) is 0 Å². The monoisotopic (exact) mass is 368 g/mol. The van der Waals surface area contributed by atoms with Crippen LogP contribution >= 0.6 is 0 Å². The predicted octanol–water partition coefficient (Wildman–Crippen LogP) is 5.00. The van der Waals surface area contributed by atoms with E-state index in [1.54, 1.807) is 36.4 Å². The zero-order valence-electron chi connectivity index (χ0n) is 15.0. The van der Waals surface area contributed by atoms with Crippen LogP contribution in [0.2, 0.25) is 0 Å². The number of rotatable bonds is 2. The number of halogens is 1. The lowest BCUT2D eigenvalue weighted by molar-refractivity contribution is 0.0714. The van der Waals surface area contributed by atoms with Gasteiger partial charge in [0.15, 0.2) is 5.78 Å². The molecule has 2 nitrogen and oxygen atoms in total. The highest BCUT2D eigenvalue weighted by Gasteiger charge is 2.43. The zero-order valence-corrected chi connectivity index (χ0v) is 15.0. The van der Waals surface area contributed by atoms with E-state index in [0.717, 1.165) is 16.3 Å². The number of ketones is 1. The van der Waals surface area contributed by atoms with Crippen molar-refractivity contribution in [1.29, 1.82) is 0 Å². The normalized spacial score (nSPS) is 18.0. The van der Waals surface area contributed by atoms with Crippen molar-refractivity contribution in [3.8, 4) is 0 Å². The molecule has 0 bridgehead atoms. The van der Waals surface area contributed by atoms with Crippen LogP contribution in [0.25, 0.3) is 10.8 Å². The van der Waals surface area contributed by atoms with Crippen LogP contribution in [-0.4, -0.2) is 10.9 Å². The van der Waals surface area contributed by atoms with E-state index in [4.69, 9.17) is 0 Å². The van der Waals surface area contributed by atoms with Gasteiger partial charge in [-0.05, 0) is 28.0 Å². The Kier molecular flexibility index (Phi) is 3.68. The minimum Gasteiger partial charge on any atom is -0.380 e. The van der Waals surface area contributed by atoms with E-state index >= 15 is 0 Å². The van der Waals surface area contributed by atoms with Gasteiger partial charge >= 0.3 is 0 Å². The smallest absolute Gasteiger partial charge is 0.196 e. The lowest BCUT2D eigenvalue weighted by Crippen LogP contribution is -2.38. The Balaban J connectivity index is 1.72. The van der Waals surface area contributed by atoms with E-state index in [0.29, 0.717) is 16.7 Å². The molecule has 4 aromatic carbocycles. The first-order valence-electron chi connectivity index (χ1n) is 9.21. The molecule has 0 fully saturated rings. The highest BCUT2D eigenvalue weighted by Crippen LogP contribution is 2.43. The average molecular weight is 368 g/mol. The molecule has 0 spiro atoms. The zero-order chi connectivity index (χ0) is 19.3. The molecule has 136 valence electrons. The Bertz CT molecular complexity index is 1240. The third-order valence-electron chi connectivity index (χ3n) is 5.58. The Morgan fingerprint density at radius 2 is 1.50 bits per heavy atom. The maximum Gasteiger partial charge on any atom is 0.196 e. The fourth-order valence-electron chi connectivity index (χ4n) is 4.26. The van der Waals surface area contributed by atoms with E-state index in [-0.39, 0.29) is 17.8 Å². The molecule has 5 rings (SSSR count). The molecule has 0 saturated carbocycles. The molecular weight excluding hydrogens is 351 g/mol. The number of hydrogen-bond donors (Lipinski definition) is 1. The van der Waals surface area contributed by atoms with Crippen molar-refractivity contribution in [2.24, 2.45) is 0 Å². The van der Waals surface area contributed by atoms with Gasteiger partial charge in [0, 0.05) is 17.5 Å². The number of carbonyl (C=O) groups excluding carboxylic acids is 1. The van der Waals surface area contributed by atoms with E-state index in [2.05, 4.69) is 0 Å².